The molecule has 0 saturated carbocycles. The third-order valence-electron chi connectivity index (χ3n) is 6.81. The van der Waals surface area contributed by atoms with Gasteiger partial charge in [0.15, 0.2) is 5.13 Å². The minimum absolute atomic E-state index is 0.0284. The summed E-state index contributed by atoms with van der Waals surface area (Å²) in [6.45, 7) is 2.21. The Morgan fingerprint density at radius 3 is 2.59 bits per heavy atom. The number of amides is 3. The number of fused-ring (bicyclic) bond motifs is 9. The number of rotatable bonds is 2. The van der Waals surface area contributed by atoms with Gasteiger partial charge < -0.3 is 25.6 Å². The van der Waals surface area contributed by atoms with Crippen LogP contribution < -0.4 is 15.8 Å². The summed E-state index contributed by atoms with van der Waals surface area (Å²) in [6.07, 6.45) is 5.02. The molecule has 0 aliphatic carbocycles. The zero-order chi connectivity index (χ0) is 24.1. The van der Waals surface area contributed by atoms with E-state index in [-0.39, 0.29) is 24.3 Å². The lowest BCUT2D eigenvalue weighted by atomic mass is 9.73. The number of carbonyl (C=O) groups excluding carboxylic acids is 3. The third-order valence-corrected chi connectivity index (χ3v) is 7.62. The van der Waals surface area contributed by atoms with Crippen molar-refractivity contribution >= 4 is 34.2 Å². The van der Waals surface area contributed by atoms with Gasteiger partial charge in [0.2, 0.25) is 5.91 Å². The smallest absolute Gasteiger partial charge is 0.265 e. The summed E-state index contributed by atoms with van der Waals surface area (Å²) in [5.74, 6) is 0.296. The van der Waals surface area contributed by atoms with E-state index in [0.717, 1.165) is 30.6 Å². The number of nitrogens with two attached hydrogens (primary N) is 1. The second kappa shape index (κ2) is 10.4. The first-order valence-electron chi connectivity index (χ1n) is 11.7. The van der Waals surface area contributed by atoms with Crippen LogP contribution in [-0.2, 0) is 4.79 Å². The molecule has 3 N–H and O–H groups in total. The molecule has 34 heavy (non-hydrogen) atoms. The molecule has 3 aliphatic heterocycles. The number of nitrogen functional groups attached to an aromatic ring is 1. The van der Waals surface area contributed by atoms with Crippen LogP contribution in [0.1, 0.15) is 52.1 Å². The molecule has 4 heterocycles. The van der Waals surface area contributed by atoms with Gasteiger partial charge in [0.05, 0.1) is 23.7 Å². The minimum atomic E-state index is -0.497. The SMILES string of the molecule is CNC(=O)C12CCCCN(C(=O)c3cnc(N)s3)CCOc3ccccc3C(=O)N(CC1)CC2. The molecule has 9 nitrogen and oxygen atoms in total. The Labute approximate surface area is 203 Å². The average molecular weight is 486 g/mol. The zero-order valence-electron chi connectivity index (χ0n) is 19.4. The molecular weight excluding hydrogens is 454 g/mol. The number of benzene rings is 1. The average Bonchev–Trinajstić information content (AvgIpc) is 3.30. The number of hydrogen-bond donors (Lipinski definition) is 2. The van der Waals surface area contributed by atoms with E-state index >= 15 is 0 Å². The number of nitrogens with zero attached hydrogens (tertiary/aromatic N) is 3. The van der Waals surface area contributed by atoms with Crippen molar-refractivity contribution in [1.29, 1.82) is 0 Å². The molecule has 1 aromatic heterocycles. The van der Waals surface area contributed by atoms with Crippen LogP contribution in [0.15, 0.2) is 30.5 Å². The molecule has 0 radical (unpaired) electrons. The molecule has 1 fully saturated rings. The predicted octanol–water partition coefficient (Wildman–Crippen LogP) is 2.40. The van der Waals surface area contributed by atoms with Crippen molar-refractivity contribution in [3.8, 4) is 5.75 Å². The highest BCUT2D eigenvalue weighted by atomic mass is 32.1. The summed E-state index contributed by atoms with van der Waals surface area (Å²) in [5.41, 5.74) is 5.73. The normalized spacial score (nSPS) is 18.9. The topological polar surface area (TPSA) is 118 Å². The second-order valence-corrected chi connectivity index (χ2v) is 9.87. The van der Waals surface area contributed by atoms with Crippen LogP contribution in [0.2, 0.25) is 0 Å². The lowest BCUT2D eigenvalue weighted by Crippen LogP contribution is -2.49. The molecule has 3 aliphatic rings. The van der Waals surface area contributed by atoms with E-state index in [9.17, 15) is 14.4 Å². The van der Waals surface area contributed by atoms with Gasteiger partial charge in [-0.15, -0.1) is 0 Å². The maximum atomic E-state index is 13.3. The molecule has 0 unspecified atom stereocenters. The van der Waals surface area contributed by atoms with Crippen LogP contribution in [0.4, 0.5) is 5.13 Å². The van der Waals surface area contributed by atoms with Gasteiger partial charge in [0, 0.05) is 26.7 Å². The Morgan fingerprint density at radius 2 is 1.88 bits per heavy atom. The second-order valence-electron chi connectivity index (χ2n) is 8.81. The first kappa shape index (κ1) is 24.0. The van der Waals surface area contributed by atoms with Crippen LogP contribution >= 0.6 is 11.3 Å². The van der Waals surface area contributed by atoms with Gasteiger partial charge in [-0.3, -0.25) is 14.4 Å². The largest absolute Gasteiger partial charge is 0.491 e. The summed E-state index contributed by atoms with van der Waals surface area (Å²) < 4.78 is 5.99. The minimum Gasteiger partial charge on any atom is -0.491 e. The summed E-state index contributed by atoms with van der Waals surface area (Å²) in [4.78, 5) is 47.3. The molecule has 10 heteroatoms. The monoisotopic (exact) mass is 485 g/mol. The van der Waals surface area contributed by atoms with E-state index in [1.54, 1.807) is 24.1 Å². The van der Waals surface area contributed by atoms with Crippen LogP contribution in [0.5, 0.6) is 5.75 Å². The van der Waals surface area contributed by atoms with E-state index in [1.807, 2.05) is 17.0 Å². The molecule has 1 saturated heterocycles. The summed E-state index contributed by atoms with van der Waals surface area (Å²) in [7, 11) is 1.67. The first-order chi connectivity index (χ1) is 16.4. The molecule has 182 valence electrons. The lowest BCUT2D eigenvalue weighted by molar-refractivity contribution is -0.133. The number of piperidine rings is 1. The number of aromatic nitrogens is 1. The number of hydrogen-bond acceptors (Lipinski definition) is 7. The van der Waals surface area contributed by atoms with Crippen molar-refractivity contribution in [3.05, 3.63) is 40.9 Å². The highest BCUT2D eigenvalue weighted by molar-refractivity contribution is 7.17. The molecule has 2 bridgehead atoms. The number of ether oxygens (including phenoxy) is 1. The Bertz CT molecular complexity index is 1050. The molecule has 0 spiro atoms. The van der Waals surface area contributed by atoms with E-state index in [2.05, 4.69) is 10.3 Å². The molecule has 1 aromatic carbocycles. The molecule has 0 atom stereocenters. The lowest BCUT2D eigenvalue weighted by Gasteiger charge is -2.40. The number of nitrogens with one attached hydrogen (secondary N) is 1. The molecule has 5 rings (SSSR count). The fraction of sp³-hybridized carbons (Fsp3) is 0.500. The van der Waals surface area contributed by atoms with Crippen molar-refractivity contribution in [1.82, 2.24) is 20.1 Å². The standard InChI is InChI=1S/C24H31N5O4S/c1-26-22(32)24-8-4-5-11-28(21(31)19-16-27-23(25)34-19)14-15-33-18-7-3-2-6-17(18)20(30)29(12-9-24)13-10-24/h2-3,6-7,16H,4-5,8-15H2,1H3,(H2,25,27)(H,26,32). The summed E-state index contributed by atoms with van der Waals surface area (Å²) in [6, 6.07) is 7.19. The van der Waals surface area contributed by atoms with E-state index in [1.165, 1.54) is 6.20 Å². The zero-order valence-corrected chi connectivity index (χ0v) is 20.2. The first-order valence-corrected chi connectivity index (χ1v) is 12.5. The molecular formula is C24H31N5O4S. The predicted molar refractivity (Wildman–Crippen MR) is 130 cm³/mol. The van der Waals surface area contributed by atoms with E-state index in [0.29, 0.717) is 60.3 Å². The van der Waals surface area contributed by atoms with Gasteiger partial charge in [0.25, 0.3) is 11.8 Å². The van der Waals surface area contributed by atoms with Crippen molar-refractivity contribution in [3.63, 3.8) is 0 Å². The van der Waals surface area contributed by atoms with Gasteiger partial charge in [-0.2, -0.15) is 0 Å². The van der Waals surface area contributed by atoms with Crippen LogP contribution in [-0.4, -0.2) is 72.3 Å². The summed E-state index contributed by atoms with van der Waals surface area (Å²) >= 11 is 1.16. The fourth-order valence-corrected chi connectivity index (χ4v) is 5.47. The van der Waals surface area contributed by atoms with Crippen LogP contribution in [0.25, 0.3) is 0 Å². The number of carbonyl (C=O) groups is 3. The van der Waals surface area contributed by atoms with Crippen molar-refractivity contribution in [2.75, 3.05) is 45.6 Å². The maximum Gasteiger partial charge on any atom is 0.265 e. The van der Waals surface area contributed by atoms with Gasteiger partial charge in [0.1, 0.15) is 17.2 Å². The Hall–Kier alpha value is -3.14. The number of anilines is 1. The van der Waals surface area contributed by atoms with Crippen molar-refractivity contribution < 1.29 is 19.1 Å². The van der Waals surface area contributed by atoms with Crippen molar-refractivity contribution in [2.45, 2.75) is 32.1 Å². The highest BCUT2D eigenvalue weighted by Crippen LogP contribution is 2.38. The fourth-order valence-electron chi connectivity index (χ4n) is 4.82. The van der Waals surface area contributed by atoms with E-state index < -0.39 is 5.41 Å². The molecule has 3 amide bonds. The quantitative estimate of drug-likeness (QED) is 0.675. The van der Waals surface area contributed by atoms with Gasteiger partial charge in [-0.25, -0.2) is 4.98 Å². The number of thiazole rings is 1. The van der Waals surface area contributed by atoms with Crippen LogP contribution in [0, 0.1) is 5.41 Å². The Morgan fingerprint density at radius 1 is 1.12 bits per heavy atom. The third kappa shape index (κ3) is 5.01. The van der Waals surface area contributed by atoms with E-state index in [4.69, 9.17) is 10.5 Å². The van der Waals surface area contributed by atoms with Crippen LogP contribution in [0.3, 0.4) is 0 Å². The highest BCUT2D eigenvalue weighted by Gasteiger charge is 2.41. The Kier molecular flexibility index (Phi) is 7.35. The van der Waals surface area contributed by atoms with Gasteiger partial charge in [-0.1, -0.05) is 29.9 Å². The Balaban J connectivity index is 1.60. The molecule has 2 aromatic rings. The van der Waals surface area contributed by atoms with Gasteiger partial charge in [-0.05, 0) is 37.8 Å². The van der Waals surface area contributed by atoms with Gasteiger partial charge >= 0.3 is 0 Å². The summed E-state index contributed by atoms with van der Waals surface area (Å²) in [5, 5.41) is 3.18. The maximum absolute atomic E-state index is 13.3. The van der Waals surface area contributed by atoms with Crippen molar-refractivity contribution in [2.24, 2.45) is 5.41 Å². The number of para-hydroxylation sites is 1.